The summed E-state index contributed by atoms with van der Waals surface area (Å²) in [6, 6.07) is 14.6. The van der Waals surface area contributed by atoms with Gasteiger partial charge in [-0.05, 0) is 57.6 Å². The maximum Gasteiger partial charge on any atom is 0.408 e. The maximum atomic E-state index is 14.6. The Balaban J connectivity index is 1.40. The summed E-state index contributed by atoms with van der Waals surface area (Å²) in [5.41, 5.74) is -1.19. The van der Waals surface area contributed by atoms with E-state index in [-0.39, 0.29) is 25.8 Å². The lowest BCUT2D eigenvalue weighted by atomic mass is 9.97. The van der Waals surface area contributed by atoms with Crippen molar-refractivity contribution in [3.8, 4) is 22.3 Å². The van der Waals surface area contributed by atoms with E-state index in [2.05, 4.69) is 15.7 Å². The highest BCUT2D eigenvalue weighted by Crippen LogP contribution is 2.46. The van der Waals surface area contributed by atoms with Gasteiger partial charge in [0.25, 0.3) is 11.5 Å². The number of carbonyl (C=O) groups excluding carboxylic acids is 4. The molecule has 6 rings (SSSR count). The molecular formula is C41H47F3N6O8S. The average molecular weight is 841 g/mol. The SMILES string of the molecule is CC(C)(C)OC(=O)N[C@H]1CCCCC/C=C\[C@@H]2CC2(C(=O)NS(=O)(=O)CC(F)(F)F)NC(=O)[C@@H]2CC(n3ncc(-c4ccccc4)c(-c4ccccc4)c3=O)CN2C1=O. The van der Waals surface area contributed by atoms with Crippen LogP contribution < -0.4 is 20.9 Å². The van der Waals surface area contributed by atoms with Crippen molar-refractivity contribution < 1.29 is 45.5 Å². The fraction of sp³-hybridized carbons (Fsp3) is 0.463. The number of nitrogens with one attached hydrogen (secondary N) is 3. The molecule has 5 atom stereocenters. The van der Waals surface area contributed by atoms with Crippen molar-refractivity contribution in [1.29, 1.82) is 0 Å². The molecule has 3 aliphatic rings. The van der Waals surface area contributed by atoms with Crippen LogP contribution >= 0.6 is 0 Å². The molecule has 1 aromatic heterocycles. The Labute approximate surface area is 339 Å². The van der Waals surface area contributed by atoms with E-state index in [0.29, 0.717) is 42.4 Å². The normalized spacial score (nSPS) is 24.7. The molecule has 3 aromatic rings. The van der Waals surface area contributed by atoms with Crippen LogP contribution in [0, 0.1) is 5.92 Å². The molecule has 2 fully saturated rings. The first-order chi connectivity index (χ1) is 27.8. The van der Waals surface area contributed by atoms with Gasteiger partial charge in [-0.15, -0.1) is 0 Å². The van der Waals surface area contributed by atoms with Crippen molar-refractivity contribution in [3.63, 3.8) is 0 Å². The lowest BCUT2D eigenvalue weighted by molar-refractivity contribution is -0.141. The van der Waals surface area contributed by atoms with Gasteiger partial charge in [0.2, 0.25) is 21.8 Å². The number of hydrogen-bond acceptors (Lipinski definition) is 9. The van der Waals surface area contributed by atoms with Crippen molar-refractivity contribution >= 4 is 33.8 Å². The predicted octanol–water partition coefficient (Wildman–Crippen LogP) is 5.02. The van der Waals surface area contributed by atoms with E-state index >= 15 is 0 Å². The monoisotopic (exact) mass is 840 g/mol. The van der Waals surface area contributed by atoms with Crippen molar-refractivity contribution in [1.82, 2.24) is 30.0 Å². The van der Waals surface area contributed by atoms with Crippen LogP contribution in [0.25, 0.3) is 22.3 Å². The molecule has 316 valence electrons. The lowest BCUT2D eigenvalue weighted by Gasteiger charge is -2.30. The molecule has 3 heterocycles. The second-order valence-corrected chi connectivity index (χ2v) is 17.9. The molecule has 1 aliphatic carbocycles. The molecule has 1 saturated heterocycles. The van der Waals surface area contributed by atoms with E-state index < -0.39 is 86.5 Å². The van der Waals surface area contributed by atoms with Gasteiger partial charge in [0.15, 0.2) is 5.75 Å². The molecule has 18 heteroatoms. The summed E-state index contributed by atoms with van der Waals surface area (Å²) in [4.78, 5) is 71.5. The zero-order valence-electron chi connectivity index (χ0n) is 32.8. The van der Waals surface area contributed by atoms with Gasteiger partial charge in [-0.2, -0.15) is 18.3 Å². The molecule has 3 N–H and O–H groups in total. The Morgan fingerprint density at radius 2 is 1.63 bits per heavy atom. The molecule has 14 nitrogen and oxygen atoms in total. The first-order valence-corrected chi connectivity index (χ1v) is 21.1. The van der Waals surface area contributed by atoms with Gasteiger partial charge in [0, 0.05) is 24.4 Å². The van der Waals surface area contributed by atoms with Gasteiger partial charge in [-0.3, -0.25) is 23.9 Å². The number of fused-ring (bicyclic) bond motifs is 2. The Bertz CT molecular complexity index is 2260. The van der Waals surface area contributed by atoms with Gasteiger partial charge in [-0.1, -0.05) is 85.7 Å². The summed E-state index contributed by atoms with van der Waals surface area (Å²) in [6.45, 7) is 4.74. The molecule has 2 aromatic carbocycles. The van der Waals surface area contributed by atoms with E-state index in [1.165, 1.54) is 20.5 Å². The summed E-state index contributed by atoms with van der Waals surface area (Å²) in [6.07, 6.45) is 0.981. The van der Waals surface area contributed by atoms with E-state index in [9.17, 15) is 45.6 Å². The first kappa shape index (κ1) is 43.1. The van der Waals surface area contributed by atoms with Gasteiger partial charge < -0.3 is 20.3 Å². The third-order valence-electron chi connectivity index (χ3n) is 10.4. The number of alkyl carbamates (subject to hydrolysis) is 1. The average Bonchev–Trinajstić information content (AvgIpc) is 3.66. The number of ether oxygens (including phenoxy) is 1. The highest BCUT2D eigenvalue weighted by molar-refractivity contribution is 7.90. The number of aromatic nitrogens is 2. The van der Waals surface area contributed by atoms with Crippen molar-refractivity contribution in [2.45, 2.75) is 101 Å². The van der Waals surface area contributed by atoms with Crippen LogP contribution in [-0.2, 0) is 29.1 Å². The number of alkyl halides is 3. The predicted molar refractivity (Wildman–Crippen MR) is 211 cm³/mol. The number of carbonyl (C=O) groups is 4. The largest absolute Gasteiger partial charge is 0.444 e. The number of amides is 4. The van der Waals surface area contributed by atoms with Crippen LogP contribution in [0.15, 0.2) is 83.8 Å². The molecular weight excluding hydrogens is 794 g/mol. The molecule has 4 amide bonds. The smallest absolute Gasteiger partial charge is 0.408 e. The summed E-state index contributed by atoms with van der Waals surface area (Å²) >= 11 is 0. The minimum Gasteiger partial charge on any atom is -0.444 e. The molecule has 0 bridgehead atoms. The Hall–Kier alpha value is -5.52. The highest BCUT2D eigenvalue weighted by atomic mass is 32.2. The van der Waals surface area contributed by atoms with Crippen LogP contribution in [0.1, 0.15) is 71.8 Å². The maximum absolute atomic E-state index is 14.6. The Morgan fingerprint density at radius 1 is 0.966 bits per heavy atom. The van der Waals surface area contributed by atoms with Gasteiger partial charge in [-0.25, -0.2) is 17.9 Å². The zero-order chi connectivity index (χ0) is 42.8. The summed E-state index contributed by atoms with van der Waals surface area (Å²) in [5, 5.41) is 9.78. The molecule has 59 heavy (non-hydrogen) atoms. The number of rotatable bonds is 7. The Morgan fingerprint density at radius 3 is 2.27 bits per heavy atom. The molecule has 2 aliphatic heterocycles. The minimum atomic E-state index is -5.20. The lowest BCUT2D eigenvalue weighted by Crippen LogP contribution is -2.58. The number of nitrogens with zero attached hydrogens (tertiary/aromatic N) is 3. The summed E-state index contributed by atoms with van der Waals surface area (Å²) in [7, 11) is -5.20. The second kappa shape index (κ2) is 17.0. The number of sulfonamides is 1. The third kappa shape index (κ3) is 10.4. The highest BCUT2D eigenvalue weighted by Gasteiger charge is 2.62. The molecule has 0 spiro atoms. The second-order valence-electron chi connectivity index (χ2n) is 16.2. The van der Waals surface area contributed by atoms with E-state index in [0.717, 1.165) is 5.56 Å². The number of halogens is 3. The van der Waals surface area contributed by atoms with E-state index in [1.807, 2.05) is 30.3 Å². The Kier molecular flexibility index (Phi) is 12.4. The van der Waals surface area contributed by atoms with Crippen molar-refractivity contribution in [3.05, 3.63) is 89.4 Å². The van der Waals surface area contributed by atoms with Crippen LogP contribution in [0.3, 0.4) is 0 Å². The summed E-state index contributed by atoms with van der Waals surface area (Å²) < 4.78 is 72.4. The fourth-order valence-corrected chi connectivity index (χ4v) is 8.62. The van der Waals surface area contributed by atoms with Crippen LogP contribution in [0.2, 0.25) is 0 Å². The van der Waals surface area contributed by atoms with Gasteiger partial charge >= 0.3 is 12.3 Å². The van der Waals surface area contributed by atoms with Crippen molar-refractivity contribution in [2.24, 2.45) is 5.92 Å². The fourth-order valence-electron chi connectivity index (χ4n) is 7.65. The number of benzene rings is 2. The molecule has 1 saturated carbocycles. The number of hydrogen-bond donors (Lipinski definition) is 3. The van der Waals surface area contributed by atoms with Gasteiger partial charge in [0.1, 0.15) is 23.2 Å². The standard InChI is InChI=1S/C41H47F3N6O8S/c1-39(2,3)58-38(55)46-31-20-14-6-4-5-13-19-28-22-40(28,37(54)48-59(56,57)25-41(42,43)44)47-34(51)32-21-29(24-49(32)35(31)52)50-36(53)33(27-17-11-8-12-18-27)30(23-45-50)26-15-9-7-10-16-26/h7-13,15-19,23,28-29,31-32H,4-6,14,20-22,24-25H2,1-3H3,(H,46,55)(H,47,51)(H,48,54)/b19-13-/t28-,29?,31+,32+,40?/m1/s1. The van der Waals surface area contributed by atoms with Crippen LogP contribution in [0.5, 0.6) is 0 Å². The van der Waals surface area contributed by atoms with E-state index in [4.69, 9.17) is 4.74 Å². The minimum absolute atomic E-state index is 0.127. The van der Waals surface area contributed by atoms with E-state index in [1.54, 1.807) is 63.3 Å². The number of allylic oxidation sites excluding steroid dienone is 1. The van der Waals surface area contributed by atoms with Gasteiger partial charge in [0.05, 0.1) is 17.8 Å². The molecule has 0 radical (unpaired) electrons. The quantitative estimate of drug-likeness (QED) is 0.275. The third-order valence-corrected chi connectivity index (χ3v) is 11.7. The zero-order valence-corrected chi connectivity index (χ0v) is 33.6. The first-order valence-electron chi connectivity index (χ1n) is 19.4. The van der Waals surface area contributed by atoms with Crippen LogP contribution in [0.4, 0.5) is 18.0 Å². The molecule has 2 unspecified atom stereocenters. The van der Waals surface area contributed by atoms with Crippen molar-refractivity contribution in [2.75, 3.05) is 12.3 Å². The summed E-state index contributed by atoms with van der Waals surface area (Å²) in [5.74, 6) is -6.03. The topological polar surface area (TPSA) is 186 Å². The van der Waals surface area contributed by atoms with Crippen LogP contribution in [-0.4, -0.2) is 88.6 Å².